The van der Waals surface area contributed by atoms with E-state index in [-0.39, 0.29) is 0 Å². The minimum Gasteiger partial charge on any atom is -0.384 e. The van der Waals surface area contributed by atoms with Crippen molar-refractivity contribution in [2.45, 2.75) is 26.9 Å². The third-order valence-electron chi connectivity index (χ3n) is 3.57. The summed E-state index contributed by atoms with van der Waals surface area (Å²) in [6.45, 7) is 6.58. The zero-order valence-corrected chi connectivity index (χ0v) is 12.8. The molecular formula is C15H17BrN2O. The standard InChI is InChI=1S/C15H17BrN2O/c1-3-17-14-10-8-19-7-6-12(10)18-15-11(16)5-4-9(2)13(14)15/h4-5H,3,6-8H2,1-2H3,(H,17,18). The Labute approximate surface area is 121 Å². The van der Waals surface area contributed by atoms with Gasteiger partial charge in [0.05, 0.1) is 30.1 Å². The van der Waals surface area contributed by atoms with Crippen molar-refractivity contribution in [2.24, 2.45) is 0 Å². The molecule has 0 aliphatic carbocycles. The Morgan fingerprint density at radius 2 is 2.26 bits per heavy atom. The van der Waals surface area contributed by atoms with Crippen LogP contribution in [0.5, 0.6) is 0 Å². The number of benzene rings is 1. The molecule has 0 amide bonds. The van der Waals surface area contributed by atoms with Crippen molar-refractivity contribution in [3.8, 4) is 0 Å². The number of nitrogens with zero attached hydrogens (tertiary/aromatic N) is 1. The third-order valence-corrected chi connectivity index (χ3v) is 4.21. The number of hydrogen-bond donors (Lipinski definition) is 1. The molecule has 2 heterocycles. The molecule has 1 aromatic carbocycles. The molecule has 100 valence electrons. The Morgan fingerprint density at radius 3 is 3.05 bits per heavy atom. The predicted octanol–water partition coefficient (Wildman–Crippen LogP) is 3.81. The van der Waals surface area contributed by atoms with E-state index in [0.717, 1.165) is 29.6 Å². The van der Waals surface area contributed by atoms with Gasteiger partial charge in [0.1, 0.15) is 0 Å². The van der Waals surface area contributed by atoms with Gasteiger partial charge < -0.3 is 10.1 Å². The molecule has 1 aliphatic heterocycles. The van der Waals surface area contributed by atoms with Crippen LogP contribution in [0.1, 0.15) is 23.7 Å². The molecule has 1 aliphatic rings. The molecule has 0 unspecified atom stereocenters. The van der Waals surface area contributed by atoms with Crippen LogP contribution in [0.4, 0.5) is 5.69 Å². The van der Waals surface area contributed by atoms with Crippen LogP contribution < -0.4 is 5.32 Å². The van der Waals surface area contributed by atoms with Crippen molar-refractivity contribution in [1.29, 1.82) is 0 Å². The Morgan fingerprint density at radius 1 is 1.42 bits per heavy atom. The molecule has 0 radical (unpaired) electrons. The maximum Gasteiger partial charge on any atom is 0.0870 e. The van der Waals surface area contributed by atoms with E-state index < -0.39 is 0 Å². The highest BCUT2D eigenvalue weighted by Crippen LogP contribution is 2.36. The van der Waals surface area contributed by atoms with Crippen molar-refractivity contribution >= 4 is 32.5 Å². The Balaban J connectivity index is 2.39. The molecule has 3 nitrogen and oxygen atoms in total. The number of halogens is 1. The van der Waals surface area contributed by atoms with Crippen LogP contribution in [-0.4, -0.2) is 18.1 Å². The van der Waals surface area contributed by atoms with Gasteiger partial charge in [0, 0.05) is 28.4 Å². The molecular weight excluding hydrogens is 304 g/mol. The molecule has 0 saturated heterocycles. The summed E-state index contributed by atoms with van der Waals surface area (Å²) in [4.78, 5) is 4.85. The van der Waals surface area contributed by atoms with E-state index >= 15 is 0 Å². The van der Waals surface area contributed by atoms with E-state index in [1.165, 1.54) is 27.9 Å². The molecule has 3 rings (SSSR count). The summed E-state index contributed by atoms with van der Waals surface area (Å²) in [6, 6.07) is 4.21. The lowest BCUT2D eigenvalue weighted by atomic mass is 10.00. The van der Waals surface area contributed by atoms with Gasteiger partial charge in [0.25, 0.3) is 0 Å². The normalized spacial score (nSPS) is 14.5. The van der Waals surface area contributed by atoms with Crippen molar-refractivity contribution in [2.75, 3.05) is 18.5 Å². The van der Waals surface area contributed by atoms with Crippen molar-refractivity contribution in [3.05, 3.63) is 33.4 Å². The summed E-state index contributed by atoms with van der Waals surface area (Å²) in [6.07, 6.45) is 0.893. The second-order valence-corrected chi connectivity index (χ2v) is 5.69. The lowest BCUT2D eigenvalue weighted by Gasteiger charge is -2.22. The van der Waals surface area contributed by atoms with E-state index in [1.807, 2.05) is 0 Å². The number of pyridine rings is 1. The number of nitrogens with one attached hydrogen (secondary N) is 1. The Kier molecular flexibility index (Phi) is 3.46. The van der Waals surface area contributed by atoms with Crippen molar-refractivity contribution < 1.29 is 4.74 Å². The average Bonchev–Trinajstić information content (AvgIpc) is 2.43. The summed E-state index contributed by atoms with van der Waals surface area (Å²) < 4.78 is 6.67. The van der Waals surface area contributed by atoms with Gasteiger partial charge in [-0.25, -0.2) is 0 Å². The van der Waals surface area contributed by atoms with Gasteiger partial charge >= 0.3 is 0 Å². The largest absolute Gasteiger partial charge is 0.384 e. The number of aryl methyl sites for hydroxylation is 1. The Hall–Kier alpha value is -1.13. The molecule has 0 spiro atoms. The highest BCUT2D eigenvalue weighted by Gasteiger charge is 2.20. The number of hydrogen-bond acceptors (Lipinski definition) is 3. The molecule has 0 saturated carbocycles. The van der Waals surface area contributed by atoms with Crippen LogP contribution in [0, 0.1) is 6.92 Å². The van der Waals surface area contributed by atoms with Gasteiger partial charge in [-0.05, 0) is 41.4 Å². The highest BCUT2D eigenvalue weighted by molar-refractivity contribution is 9.10. The fourth-order valence-electron chi connectivity index (χ4n) is 2.67. The summed E-state index contributed by atoms with van der Waals surface area (Å²) in [5.74, 6) is 0. The maximum absolute atomic E-state index is 5.61. The van der Waals surface area contributed by atoms with Crippen LogP contribution >= 0.6 is 15.9 Å². The first-order chi connectivity index (χ1) is 9.22. The number of rotatable bonds is 2. The summed E-state index contributed by atoms with van der Waals surface area (Å²) >= 11 is 3.62. The van der Waals surface area contributed by atoms with Gasteiger partial charge in [0.15, 0.2) is 0 Å². The van der Waals surface area contributed by atoms with E-state index in [4.69, 9.17) is 9.72 Å². The zero-order chi connectivity index (χ0) is 13.4. The second kappa shape index (κ2) is 5.10. The summed E-state index contributed by atoms with van der Waals surface area (Å²) in [5, 5.41) is 4.71. The van der Waals surface area contributed by atoms with Gasteiger partial charge in [-0.1, -0.05) is 6.07 Å². The number of fused-ring (bicyclic) bond motifs is 2. The van der Waals surface area contributed by atoms with Crippen LogP contribution in [0.25, 0.3) is 10.9 Å². The molecule has 1 aromatic heterocycles. The van der Waals surface area contributed by atoms with E-state index in [0.29, 0.717) is 6.61 Å². The second-order valence-electron chi connectivity index (χ2n) is 4.83. The van der Waals surface area contributed by atoms with Crippen LogP contribution in [-0.2, 0) is 17.8 Å². The molecule has 0 atom stereocenters. The highest BCUT2D eigenvalue weighted by atomic mass is 79.9. The van der Waals surface area contributed by atoms with Gasteiger partial charge in [-0.2, -0.15) is 0 Å². The lowest BCUT2D eigenvalue weighted by Crippen LogP contribution is -2.15. The fourth-order valence-corrected chi connectivity index (χ4v) is 3.09. The number of ether oxygens (including phenoxy) is 1. The molecule has 1 N–H and O–H groups in total. The molecule has 4 heteroatoms. The fraction of sp³-hybridized carbons (Fsp3) is 0.400. The molecule has 19 heavy (non-hydrogen) atoms. The first-order valence-electron chi connectivity index (χ1n) is 6.64. The number of anilines is 1. The predicted molar refractivity (Wildman–Crippen MR) is 81.7 cm³/mol. The molecule has 0 fully saturated rings. The lowest BCUT2D eigenvalue weighted by molar-refractivity contribution is 0.110. The minimum atomic E-state index is 0.659. The summed E-state index contributed by atoms with van der Waals surface area (Å²) in [5.41, 5.74) is 5.88. The first kappa shape index (κ1) is 12.9. The summed E-state index contributed by atoms with van der Waals surface area (Å²) in [7, 11) is 0. The minimum absolute atomic E-state index is 0.659. The van der Waals surface area contributed by atoms with Gasteiger partial charge in [-0.15, -0.1) is 0 Å². The topological polar surface area (TPSA) is 34.2 Å². The van der Waals surface area contributed by atoms with Crippen molar-refractivity contribution in [1.82, 2.24) is 4.98 Å². The van der Waals surface area contributed by atoms with Crippen LogP contribution in [0.3, 0.4) is 0 Å². The maximum atomic E-state index is 5.61. The quantitative estimate of drug-likeness (QED) is 0.913. The van der Waals surface area contributed by atoms with Gasteiger partial charge in [-0.3, -0.25) is 4.98 Å². The monoisotopic (exact) mass is 320 g/mol. The number of aromatic nitrogens is 1. The first-order valence-corrected chi connectivity index (χ1v) is 7.43. The van der Waals surface area contributed by atoms with E-state index in [2.05, 4.69) is 47.2 Å². The molecule has 0 bridgehead atoms. The van der Waals surface area contributed by atoms with Crippen molar-refractivity contribution in [3.63, 3.8) is 0 Å². The average molecular weight is 321 g/mol. The van der Waals surface area contributed by atoms with E-state index in [1.54, 1.807) is 0 Å². The third kappa shape index (κ3) is 2.13. The SMILES string of the molecule is CCNc1c2c(nc3c(Br)ccc(C)c13)CCOC2. The Bertz CT molecular complexity index is 640. The van der Waals surface area contributed by atoms with Crippen LogP contribution in [0.15, 0.2) is 16.6 Å². The molecule has 2 aromatic rings. The van der Waals surface area contributed by atoms with Gasteiger partial charge in [0.2, 0.25) is 0 Å². The smallest absolute Gasteiger partial charge is 0.0870 e. The zero-order valence-electron chi connectivity index (χ0n) is 11.2. The van der Waals surface area contributed by atoms with Crippen LogP contribution in [0.2, 0.25) is 0 Å². The van der Waals surface area contributed by atoms with E-state index in [9.17, 15) is 0 Å².